The Morgan fingerprint density at radius 3 is 2.46 bits per heavy atom. The molecule has 0 radical (unpaired) electrons. The molecule has 6 heteroatoms. The van der Waals surface area contributed by atoms with Crippen LogP contribution in [0.2, 0.25) is 5.02 Å². The standard InChI is InChI=1S/C22H24ClN3O2/c23-16-6-4-5-15(11-16)14-24-21-22(7-2-1-3-8-22)26-18-13-20-19(12-17(18)25-21)27-9-10-28-20/h4-6,11-13,26H,1-3,7-10,14H2,(H,24,25). The van der Waals surface area contributed by atoms with Crippen LogP contribution in [0.5, 0.6) is 11.5 Å². The maximum atomic E-state index is 6.14. The largest absolute Gasteiger partial charge is 0.486 e. The lowest BCUT2D eigenvalue weighted by Gasteiger charge is -2.44. The highest BCUT2D eigenvalue weighted by molar-refractivity contribution is 6.30. The maximum absolute atomic E-state index is 6.14. The first-order valence-electron chi connectivity index (χ1n) is 10.0. The summed E-state index contributed by atoms with van der Waals surface area (Å²) >= 11 is 6.14. The molecule has 2 N–H and O–H groups in total. The van der Waals surface area contributed by atoms with Crippen molar-refractivity contribution in [1.29, 1.82) is 0 Å². The van der Waals surface area contributed by atoms with Crippen molar-refractivity contribution in [1.82, 2.24) is 0 Å². The molecule has 2 aliphatic heterocycles. The Bertz CT molecular complexity index is 922. The van der Waals surface area contributed by atoms with E-state index in [2.05, 4.69) is 22.8 Å². The fourth-order valence-corrected chi connectivity index (χ4v) is 4.59. The van der Waals surface area contributed by atoms with E-state index >= 15 is 0 Å². The summed E-state index contributed by atoms with van der Waals surface area (Å²) in [5, 5.41) is 8.16. The molecule has 5 nitrogen and oxygen atoms in total. The molecular weight excluding hydrogens is 374 g/mol. The topological polar surface area (TPSA) is 54.9 Å². The third-order valence-electron chi connectivity index (χ3n) is 5.78. The fourth-order valence-electron chi connectivity index (χ4n) is 4.37. The number of benzene rings is 2. The molecule has 2 heterocycles. The van der Waals surface area contributed by atoms with Crippen LogP contribution in [0.3, 0.4) is 0 Å². The number of rotatable bonds is 2. The number of amidine groups is 1. The van der Waals surface area contributed by atoms with E-state index in [1.165, 1.54) is 19.3 Å². The van der Waals surface area contributed by atoms with Gasteiger partial charge >= 0.3 is 0 Å². The number of nitrogens with zero attached hydrogens (tertiary/aromatic N) is 1. The van der Waals surface area contributed by atoms with E-state index in [4.69, 9.17) is 26.1 Å². The van der Waals surface area contributed by atoms with Crippen molar-refractivity contribution in [3.8, 4) is 11.5 Å². The van der Waals surface area contributed by atoms with Crippen LogP contribution in [-0.2, 0) is 6.54 Å². The highest BCUT2D eigenvalue weighted by atomic mass is 35.5. The van der Waals surface area contributed by atoms with Crippen LogP contribution in [0.4, 0.5) is 11.4 Å². The Balaban J connectivity index is 1.50. The van der Waals surface area contributed by atoms with Crippen LogP contribution in [-0.4, -0.2) is 24.6 Å². The fraction of sp³-hybridized carbons (Fsp3) is 0.409. The number of fused-ring (bicyclic) bond motifs is 2. The second kappa shape index (κ2) is 7.21. The Morgan fingerprint density at radius 2 is 1.71 bits per heavy atom. The molecule has 0 atom stereocenters. The third kappa shape index (κ3) is 3.28. The van der Waals surface area contributed by atoms with Crippen molar-refractivity contribution in [2.75, 3.05) is 23.8 Å². The molecule has 2 aromatic carbocycles. The second-order valence-electron chi connectivity index (χ2n) is 7.73. The van der Waals surface area contributed by atoms with E-state index in [0.29, 0.717) is 19.8 Å². The molecule has 1 spiro atoms. The van der Waals surface area contributed by atoms with E-state index in [1.807, 2.05) is 24.3 Å². The van der Waals surface area contributed by atoms with E-state index in [0.717, 1.165) is 52.1 Å². The lowest BCUT2D eigenvalue weighted by molar-refractivity contribution is 0.172. The van der Waals surface area contributed by atoms with Crippen LogP contribution in [0.1, 0.15) is 37.7 Å². The van der Waals surface area contributed by atoms with E-state index in [-0.39, 0.29) is 5.54 Å². The molecule has 5 rings (SSSR count). The normalized spacial score (nSPS) is 21.0. The van der Waals surface area contributed by atoms with E-state index < -0.39 is 0 Å². The van der Waals surface area contributed by atoms with Gasteiger partial charge in [-0.3, -0.25) is 4.99 Å². The number of aliphatic imine (C=N–C) groups is 1. The molecule has 2 aromatic rings. The quantitative estimate of drug-likeness (QED) is 0.726. The molecular formula is C22H24ClN3O2. The summed E-state index contributed by atoms with van der Waals surface area (Å²) in [6, 6.07) is 12.0. The van der Waals surface area contributed by atoms with Crippen LogP contribution < -0.4 is 20.1 Å². The zero-order valence-corrected chi connectivity index (χ0v) is 16.5. The van der Waals surface area contributed by atoms with Gasteiger partial charge in [-0.25, -0.2) is 0 Å². The van der Waals surface area contributed by atoms with Gasteiger partial charge in [0.2, 0.25) is 0 Å². The summed E-state index contributed by atoms with van der Waals surface area (Å²) in [7, 11) is 0. The first-order valence-corrected chi connectivity index (χ1v) is 10.4. The van der Waals surface area contributed by atoms with Gasteiger partial charge in [-0.05, 0) is 30.5 Å². The van der Waals surface area contributed by atoms with Crippen molar-refractivity contribution < 1.29 is 9.47 Å². The highest BCUT2D eigenvalue weighted by Gasteiger charge is 2.41. The monoisotopic (exact) mass is 397 g/mol. The molecule has 1 fully saturated rings. The Labute approximate surface area is 170 Å². The van der Waals surface area contributed by atoms with Crippen molar-refractivity contribution in [2.24, 2.45) is 4.99 Å². The summed E-state index contributed by atoms with van der Waals surface area (Å²) < 4.78 is 11.5. The summed E-state index contributed by atoms with van der Waals surface area (Å²) in [6.07, 6.45) is 5.82. The molecule has 28 heavy (non-hydrogen) atoms. The molecule has 0 amide bonds. The van der Waals surface area contributed by atoms with Gasteiger partial charge in [0.05, 0.1) is 23.5 Å². The minimum atomic E-state index is -0.145. The minimum Gasteiger partial charge on any atom is -0.486 e. The van der Waals surface area contributed by atoms with Crippen molar-refractivity contribution in [3.05, 3.63) is 47.0 Å². The third-order valence-corrected chi connectivity index (χ3v) is 6.01. The number of hydrogen-bond donors (Lipinski definition) is 2. The van der Waals surface area contributed by atoms with E-state index in [9.17, 15) is 0 Å². The predicted molar refractivity (Wildman–Crippen MR) is 113 cm³/mol. The zero-order valence-electron chi connectivity index (χ0n) is 15.8. The van der Waals surface area contributed by atoms with Gasteiger partial charge in [0.25, 0.3) is 0 Å². The Hall–Kier alpha value is -2.40. The number of halogens is 1. The average molecular weight is 398 g/mol. The number of nitrogens with one attached hydrogen (secondary N) is 2. The molecule has 1 aliphatic carbocycles. The Kier molecular flexibility index (Phi) is 4.55. The number of hydrogen-bond acceptors (Lipinski definition) is 4. The van der Waals surface area contributed by atoms with Crippen LogP contribution in [0.15, 0.2) is 41.4 Å². The average Bonchev–Trinajstić information content (AvgIpc) is 2.71. The van der Waals surface area contributed by atoms with Crippen LogP contribution in [0, 0.1) is 0 Å². The van der Waals surface area contributed by atoms with Gasteiger partial charge in [0.15, 0.2) is 11.5 Å². The SMILES string of the molecule is Clc1cccc(CN=C2Nc3cc4c(cc3NC23CCCCC3)OCCO4)c1. The van der Waals surface area contributed by atoms with E-state index in [1.54, 1.807) is 0 Å². The summed E-state index contributed by atoms with van der Waals surface area (Å²) in [6.45, 7) is 1.78. The van der Waals surface area contributed by atoms with Gasteiger partial charge in [0.1, 0.15) is 19.0 Å². The van der Waals surface area contributed by atoms with Gasteiger partial charge in [0, 0.05) is 17.2 Å². The molecule has 0 saturated heterocycles. The maximum Gasteiger partial charge on any atom is 0.163 e. The summed E-state index contributed by atoms with van der Waals surface area (Å²) in [4.78, 5) is 4.99. The zero-order chi connectivity index (χ0) is 19.0. The lowest BCUT2D eigenvalue weighted by atomic mass is 9.79. The highest BCUT2D eigenvalue weighted by Crippen LogP contribution is 2.45. The van der Waals surface area contributed by atoms with Crippen LogP contribution in [0.25, 0.3) is 0 Å². The number of ether oxygens (including phenoxy) is 2. The first-order chi connectivity index (χ1) is 13.7. The van der Waals surface area contributed by atoms with Gasteiger partial charge in [-0.2, -0.15) is 0 Å². The van der Waals surface area contributed by atoms with Crippen molar-refractivity contribution in [3.63, 3.8) is 0 Å². The molecule has 146 valence electrons. The first kappa shape index (κ1) is 17.7. The summed E-state index contributed by atoms with van der Waals surface area (Å²) in [5.74, 6) is 2.61. The van der Waals surface area contributed by atoms with Crippen LogP contribution >= 0.6 is 11.6 Å². The summed E-state index contributed by atoms with van der Waals surface area (Å²) in [5.41, 5.74) is 3.02. The molecule has 3 aliphatic rings. The van der Waals surface area contributed by atoms with Crippen molar-refractivity contribution in [2.45, 2.75) is 44.2 Å². The Morgan fingerprint density at radius 1 is 0.964 bits per heavy atom. The number of anilines is 2. The molecule has 0 unspecified atom stereocenters. The molecule has 1 saturated carbocycles. The molecule has 0 aromatic heterocycles. The minimum absolute atomic E-state index is 0.145. The second-order valence-corrected chi connectivity index (χ2v) is 8.17. The smallest absolute Gasteiger partial charge is 0.163 e. The van der Waals surface area contributed by atoms with Gasteiger partial charge < -0.3 is 20.1 Å². The predicted octanol–water partition coefficient (Wildman–Crippen LogP) is 5.25. The molecule has 0 bridgehead atoms. The van der Waals surface area contributed by atoms with Gasteiger partial charge in [-0.15, -0.1) is 0 Å². The van der Waals surface area contributed by atoms with Gasteiger partial charge in [-0.1, -0.05) is 43.0 Å². The van der Waals surface area contributed by atoms with Crippen molar-refractivity contribution >= 4 is 28.8 Å². The lowest BCUT2D eigenvalue weighted by Crippen LogP contribution is -2.53.